The molecule has 1 aliphatic heterocycles. The van der Waals surface area contributed by atoms with Crippen molar-refractivity contribution in [1.82, 2.24) is 15.1 Å². The molecule has 100 valence electrons. The van der Waals surface area contributed by atoms with Crippen LogP contribution in [-0.4, -0.2) is 68.6 Å². The third-order valence-electron chi connectivity index (χ3n) is 3.20. The predicted octanol–water partition coefficient (Wildman–Crippen LogP) is -0.521. The molecule has 5 heteroatoms. The Kier molecular flexibility index (Phi) is 7.16. The van der Waals surface area contributed by atoms with Gasteiger partial charge in [-0.05, 0) is 26.4 Å². The first-order valence-corrected chi connectivity index (χ1v) is 6.60. The average molecular weight is 242 g/mol. The topological polar surface area (TPSA) is 61.6 Å². The highest BCUT2D eigenvalue weighted by Gasteiger charge is 2.13. The summed E-state index contributed by atoms with van der Waals surface area (Å²) in [5.74, 6) is 0.160. The number of rotatable bonds is 7. The third kappa shape index (κ3) is 6.61. The van der Waals surface area contributed by atoms with Gasteiger partial charge in [-0.2, -0.15) is 0 Å². The van der Waals surface area contributed by atoms with Gasteiger partial charge in [0, 0.05) is 45.7 Å². The van der Waals surface area contributed by atoms with Crippen LogP contribution in [0.4, 0.5) is 0 Å². The van der Waals surface area contributed by atoms with Crippen LogP contribution in [0.3, 0.4) is 0 Å². The molecule has 1 rings (SSSR count). The minimum atomic E-state index is 0.160. The number of unbranched alkanes of at least 4 members (excludes halogenated alkanes) is 1. The highest BCUT2D eigenvalue weighted by atomic mass is 16.1. The number of nitrogens with one attached hydrogen (secondary N) is 1. The Balaban J connectivity index is 1.97. The molecule has 1 saturated heterocycles. The lowest BCUT2D eigenvalue weighted by atomic mass is 10.2. The van der Waals surface area contributed by atoms with Gasteiger partial charge in [-0.3, -0.25) is 9.69 Å². The first-order valence-electron chi connectivity index (χ1n) is 6.60. The molecule has 0 aromatic carbocycles. The van der Waals surface area contributed by atoms with E-state index >= 15 is 0 Å². The lowest BCUT2D eigenvalue weighted by molar-refractivity contribution is -0.121. The van der Waals surface area contributed by atoms with Crippen LogP contribution in [0.15, 0.2) is 0 Å². The number of hydrogen-bond acceptors (Lipinski definition) is 4. The summed E-state index contributed by atoms with van der Waals surface area (Å²) >= 11 is 0. The summed E-state index contributed by atoms with van der Waals surface area (Å²) < 4.78 is 0. The molecular formula is C12H26N4O. The molecular weight excluding hydrogens is 216 g/mol. The van der Waals surface area contributed by atoms with Crippen LogP contribution in [0, 0.1) is 0 Å². The molecule has 3 N–H and O–H groups in total. The highest BCUT2D eigenvalue weighted by molar-refractivity contribution is 5.75. The van der Waals surface area contributed by atoms with E-state index in [2.05, 4.69) is 22.2 Å². The van der Waals surface area contributed by atoms with Crippen molar-refractivity contribution in [3.05, 3.63) is 0 Å². The van der Waals surface area contributed by atoms with Crippen LogP contribution in [0.2, 0.25) is 0 Å². The smallest absolute Gasteiger partial charge is 0.220 e. The van der Waals surface area contributed by atoms with Gasteiger partial charge in [0.15, 0.2) is 0 Å². The van der Waals surface area contributed by atoms with Crippen molar-refractivity contribution in [2.45, 2.75) is 19.3 Å². The maximum Gasteiger partial charge on any atom is 0.220 e. The Morgan fingerprint density at radius 2 is 1.94 bits per heavy atom. The molecule has 1 fully saturated rings. The molecule has 0 unspecified atom stereocenters. The molecule has 0 aromatic heterocycles. The van der Waals surface area contributed by atoms with Crippen LogP contribution in [0.25, 0.3) is 0 Å². The summed E-state index contributed by atoms with van der Waals surface area (Å²) in [6.45, 7) is 6.89. The van der Waals surface area contributed by atoms with E-state index in [9.17, 15) is 4.79 Å². The molecule has 1 aliphatic rings. The number of likely N-dealkylation sites (N-methyl/N-ethyl adjacent to an activating group) is 1. The van der Waals surface area contributed by atoms with Crippen molar-refractivity contribution in [3.8, 4) is 0 Å². The Hall–Kier alpha value is -0.650. The van der Waals surface area contributed by atoms with Gasteiger partial charge < -0.3 is 16.0 Å². The van der Waals surface area contributed by atoms with Crippen molar-refractivity contribution < 1.29 is 4.79 Å². The minimum absolute atomic E-state index is 0.160. The zero-order chi connectivity index (χ0) is 12.5. The Morgan fingerprint density at radius 1 is 1.24 bits per heavy atom. The molecule has 0 radical (unpaired) electrons. The summed E-state index contributed by atoms with van der Waals surface area (Å²) in [6, 6.07) is 0. The highest BCUT2D eigenvalue weighted by Crippen LogP contribution is 1.98. The van der Waals surface area contributed by atoms with Crippen molar-refractivity contribution in [1.29, 1.82) is 0 Å². The van der Waals surface area contributed by atoms with E-state index in [1.165, 1.54) is 0 Å². The summed E-state index contributed by atoms with van der Waals surface area (Å²) in [7, 11) is 2.15. The summed E-state index contributed by atoms with van der Waals surface area (Å²) in [6.07, 6.45) is 2.45. The van der Waals surface area contributed by atoms with Crippen LogP contribution in [-0.2, 0) is 4.79 Å². The van der Waals surface area contributed by atoms with Crippen molar-refractivity contribution in [2.75, 3.05) is 52.9 Å². The summed E-state index contributed by atoms with van der Waals surface area (Å²) in [5, 5.41) is 2.97. The molecule has 0 aliphatic carbocycles. The SMILES string of the molecule is CN1CCN(CCNC(=O)CCCCN)CC1. The van der Waals surface area contributed by atoms with Gasteiger partial charge in [0.1, 0.15) is 0 Å². The first kappa shape index (κ1) is 14.4. The molecule has 5 nitrogen and oxygen atoms in total. The molecule has 0 spiro atoms. The molecule has 17 heavy (non-hydrogen) atoms. The Morgan fingerprint density at radius 3 is 2.59 bits per heavy atom. The quantitative estimate of drug-likeness (QED) is 0.590. The van der Waals surface area contributed by atoms with Crippen molar-refractivity contribution in [2.24, 2.45) is 5.73 Å². The van der Waals surface area contributed by atoms with Crippen LogP contribution in [0.1, 0.15) is 19.3 Å². The fourth-order valence-electron chi connectivity index (χ4n) is 1.94. The van der Waals surface area contributed by atoms with Crippen molar-refractivity contribution in [3.63, 3.8) is 0 Å². The van der Waals surface area contributed by atoms with Crippen LogP contribution >= 0.6 is 0 Å². The van der Waals surface area contributed by atoms with Crippen LogP contribution in [0.5, 0.6) is 0 Å². The number of carbonyl (C=O) groups excluding carboxylic acids is 1. The number of nitrogens with two attached hydrogens (primary N) is 1. The van der Waals surface area contributed by atoms with Crippen molar-refractivity contribution >= 4 is 5.91 Å². The normalized spacial score (nSPS) is 18.2. The molecule has 1 amide bonds. The molecule has 0 atom stereocenters. The largest absolute Gasteiger partial charge is 0.355 e. The zero-order valence-electron chi connectivity index (χ0n) is 11.0. The monoisotopic (exact) mass is 242 g/mol. The first-order chi connectivity index (χ1) is 8.22. The van der Waals surface area contributed by atoms with E-state index in [-0.39, 0.29) is 5.91 Å². The number of nitrogens with zero attached hydrogens (tertiary/aromatic N) is 2. The molecule has 1 heterocycles. The zero-order valence-corrected chi connectivity index (χ0v) is 11.0. The van der Waals surface area contributed by atoms with Gasteiger partial charge in [0.25, 0.3) is 0 Å². The lowest BCUT2D eigenvalue weighted by Crippen LogP contribution is -2.46. The number of hydrogen-bond donors (Lipinski definition) is 2. The second-order valence-electron chi connectivity index (χ2n) is 4.74. The molecule has 0 saturated carbocycles. The number of piperazine rings is 1. The summed E-state index contributed by atoms with van der Waals surface area (Å²) in [5.41, 5.74) is 5.38. The van der Waals surface area contributed by atoms with Gasteiger partial charge in [0.05, 0.1) is 0 Å². The Labute approximate surface area is 104 Å². The second kappa shape index (κ2) is 8.44. The van der Waals surface area contributed by atoms with E-state index in [1.54, 1.807) is 0 Å². The lowest BCUT2D eigenvalue weighted by Gasteiger charge is -2.32. The van der Waals surface area contributed by atoms with Gasteiger partial charge in [0.2, 0.25) is 5.91 Å². The van der Waals surface area contributed by atoms with Gasteiger partial charge in [-0.1, -0.05) is 0 Å². The third-order valence-corrected chi connectivity index (χ3v) is 3.20. The Bertz CT molecular complexity index is 215. The van der Waals surface area contributed by atoms with E-state index in [0.29, 0.717) is 13.0 Å². The minimum Gasteiger partial charge on any atom is -0.355 e. The number of carbonyl (C=O) groups is 1. The van der Waals surface area contributed by atoms with Gasteiger partial charge >= 0.3 is 0 Å². The van der Waals surface area contributed by atoms with E-state index in [4.69, 9.17) is 5.73 Å². The second-order valence-corrected chi connectivity index (χ2v) is 4.74. The maximum atomic E-state index is 11.4. The van der Waals surface area contributed by atoms with E-state index in [0.717, 1.165) is 52.1 Å². The van der Waals surface area contributed by atoms with E-state index in [1.807, 2.05) is 0 Å². The van der Waals surface area contributed by atoms with E-state index < -0.39 is 0 Å². The molecule has 0 aromatic rings. The fourth-order valence-corrected chi connectivity index (χ4v) is 1.94. The average Bonchev–Trinajstić information content (AvgIpc) is 2.32. The predicted molar refractivity (Wildman–Crippen MR) is 69.9 cm³/mol. The number of amides is 1. The summed E-state index contributed by atoms with van der Waals surface area (Å²) in [4.78, 5) is 16.2. The van der Waals surface area contributed by atoms with Gasteiger partial charge in [-0.15, -0.1) is 0 Å². The molecule has 0 bridgehead atoms. The van der Waals surface area contributed by atoms with Gasteiger partial charge in [-0.25, -0.2) is 0 Å². The fraction of sp³-hybridized carbons (Fsp3) is 0.917. The maximum absolute atomic E-state index is 11.4. The standard InChI is InChI=1S/C12H26N4O/c1-15-8-10-16(11-9-15)7-6-14-12(17)4-2-3-5-13/h2-11,13H2,1H3,(H,14,17). The van der Waals surface area contributed by atoms with Crippen LogP contribution < -0.4 is 11.1 Å².